The van der Waals surface area contributed by atoms with Gasteiger partial charge in [-0.2, -0.15) is 4.98 Å². The Balaban J connectivity index is 1.58. The zero-order valence-electron chi connectivity index (χ0n) is 17.0. The molecule has 9 nitrogen and oxygen atoms in total. The minimum absolute atomic E-state index is 0.00954. The highest BCUT2D eigenvalue weighted by atomic mass is 35.5. The lowest BCUT2D eigenvalue weighted by atomic mass is 9.92. The van der Waals surface area contributed by atoms with Crippen molar-refractivity contribution in [1.29, 1.82) is 0 Å². The summed E-state index contributed by atoms with van der Waals surface area (Å²) >= 11 is 5.85. The van der Waals surface area contributed by atoms with E-state index in [1.54, 1.807) is 24.3 Å². The van der Waals surface area contributed by atoms with Crippen LogP contribution in [0.5, 0.6) is 5.75 Å². The molecular formula is C21H15ClF3N5O4. The van der Waals surface area contributed by atoms with Gasteiger partial charge in [0, 0.05) is 28.9 Å². The Morgan fingerprint density at radius 3 is 2.56 bits per heavy atom. The van der Waals surface area contributed by atoms with Crippen molar-refractivity contribution in [2.75, 3.05) is 16.0 Å². The van der Waals surface area contributed by atoms with Crippen molar-refractivity contribution in [1.82, 2.24) is 9.97 Å². The number of hydrogen-bond acceptors (Lipinski definition) is 6. The monoisotopic (exact) mass is 493 g/mol. The minimum atomic E-state index is -4.90. The second kappa shape index (κ2) is 9.06. The van der Waals surface area contributed by atoms with Crippen LogP contribution in [0.15, 0.2) is 53.3 Å². The number of ether oxygens (including phenoxy) is 1. The number of halogens is 4. The molecule has 0 aliphatic carbocycles. The number of H-pyrrole nitrogens is 1. The highest BCUT2D eigenvalue weighted by Gasteiger charge is 2.35. The van der Waals surface area contributed by atoms with Crippen LogP contribution in [0.1, 0.15) is 17.9 Å². The van der Waals surface area contributed by atoms with E-state index in [1.165, 1.54) is 12.1 Å². The number of carbonyl (C=O) groups excluding carboxylic acids is 2. The van der Waals surface area contributed by atoms with Crippen molar-refractivity contribution in [3.8, 4) is 5.75 Å². The molecule has 1 unspecified atom stereocenters. The summed E-state index contributed by atoms with van der Waals surface area (Å²) in [6, 6.07) is 11.2. The van der Waals surface area contributed by atoms with E-state index in [4.69, 9.17) is 11.6 Å². The lowest BCUT2D eigenvalue weighted by molar-refractivity contribution is -0.274. The van der Waals surface area contributed by atoms with Gasteiger partial charge in [0.25, 0.3) is 5.56 Å². The Morgan fingerprint density at radius 2 is 1.85 bits per heavy atom. The molecule has 4 N–H and O–H groups in total. The van der Waals surface area contributed by atoms with Crippen LogP contribution in [0.25, 0.3) is 0 Å². The van der Waals surface area contributed by atoms with Crippen molar-refractivity contribution >= 4 is 46.6 Å². The summed E-state index contributed by atoms with van der Waals surface area (Å²) in [5.41, 5.74) is -0.202. The van der Waals surface area contributed by atoms with E-state index in [0.29, 0.717) is 10.7 Å². The fourth-order valence-corrected chi connectivity index (χ4v) is 3.45. The zero-order chi connectivity index (χ0) is 24.5. The summed E-state index contributed by atoms with van der Waals surface area (Å²) in [5.74, 6) is -3.18. The van der Waals surface area contributed by atoms with Gasteiger partial charge in [-0.15, -0.1) is 13.2 Å². The molecule has 1 aliphatic heterocycles. The van der Waals surface area contributed by atoms with Gasteiger partial charge >= 0.3 is 6.36 Å². The standard InChI is InChI=1S/C21H15ClF3N5O4/c22-10-4-6-11(7-5-10)27-20-29-17-16(19(33)30-20)14(9-15(31)28-17)18(32)26-12-2-1-3-13(8-12)34-21(23,24)25/h1-8,14H,9H2,(H,26,32)(H3,27,28,29,30,31,33). The highest BCUT2D eigenvalue weighted by Crippen LogP contribution is 2.31. The van der Waals surface area contributed by atoms with E-state index in [1.807, 2.05) is 0 Å². The first-order chi connectivity index (χ1) is 16.1. The molecule has 0 fully saturated rings. The summed E-state index contributed by atoms with van der Waals surface area (Å²) in [5, 5.41) is 8.25. The number of anilines is 4. The van der Waals surface area contributed by atoms with Crippen molar-refractivity contribution < 1.29 is 27.5 Å². The molecular weight excluding hydrogens is 479 g/mol. The van der Waals surface area contributed by atoms with Gasteiger partial charge in [-0.05, 0) is 36.4 Å². The normalized spacial score (nSPS) is 15.2. The number of alkyl halides is 3. The van der Waals surface area contributed by atoms with Crippen molar-refractivity contribution in [2.24, 2.45) is 0 Å². The molecule has 13 heteroatoms. The van der Waals surface area contributed by atoms with Gasteiger partial charge in [0.15, 0.2) is 0 Å². The average Bonchev–Trinajstić information content (AvgIpc) is 2.73. The molecule has 2 amide bonds. The Hall–Kier alpha value is -4.06. The van der Waals surface area contributed by atoms with Crippen LogP contribution in [0.2, 0.25) is 5.02 Å². The summed E-state index contributed by atoms with van der Waals surface area (Å²) < 4.78 is 41.2. The largest absolute Gasteiger partial charge is 0.573 e. The second-order valence-corrected chi connectivity index (χ2v) is 7.61. The molecule has 176 valence electrons. The van der Waals surface area contributed by atoms with Crippen LogP contribution in [0, 0.1) is 0 Å². The van der Waals surface area contributed by atoms with Crippen LogP contribution >= 0.6 is 11.6 Å². The molecule has 0 saturated carbocycles. The number of nitrogens with one attached hydrogen (secondary N) is 4. The van der Waals surface area contributed by atoms with Gasteiger partial charge in [-0.3, -0.25) is 19.4 Å². The maximum atomic E-state index is 12.9. The smallest absolute Gasteiger partial charge is 0.406 e. The molecule has 1 aliphatic rings. The molecule has 3 aromatic rings. The number of carbonyl (C=O) groups is 2. The number of nitrogens with zero attached hydrogens (tertiary/aromatic N) is 1. The SMILES string of the molecule is O=C1CC(C(=O)Nc2cccc(OC(F)(F)F)c2)c2c(nc(Nc3ccc(Cl)cc3)[nH]c2=O)N1. The predicted molar refractivity (Wildman–Crippen MR) is 117 cm³/mol. The summed E-state index contributed by atoms with van der Waals surface area (Å²) in [6.45, 7) is 0. The first-order valence-electron chi connectivity index (χ1n) is 9.71. The third-order valence-electron chi connectivity index (χ3n) is 4.71. The van der Waals surface area contributed by atoms with E-state index in [2.05, 4.69) is 30.7 Å². The van der Waals surface area contributed by atoms with Crippen LogP contribution in [-0.2, 0) is 9.59 Å². The van der Waals surface area contributed by atoms with E-state index < -0.39 is 35.4 Å². The summed E-state index contributed by atoms with van der Waals surface area (Å²) in [7, 11) is 0. The number of rotatable bonds is 5. The van der Waals surface area contributed by atoms with Crippen molar-refractivity contribution in [2.45, 2.75) is 18.7 Å². The van der Waals surface area contributed by atoms with Crippen LogP contribution in [-0.4, -0.2) is 28.1 Å². The lowest BCUT2D eigenvalue weighted by Crippen LogP contribution is -2.36. The third-order valence-corrected chi connectivity index (χ3v) is 4.96. The Bertz CT molecular complexity index is 1310. The van der Waals surface area contributed by atoms with Crippen LogP contribution < -0.4 is 26.2 Å². The second-order valence-electron chi connectivity index (χ2n) is 7.18. The molecule has 2 heterocycles. The first-order valence-corrected chi connectivity index (χ1v) is 10.1. The Morgan fingerprint density at radius 1 is 1.12 bits per heavy atom. The molecule has 0 radical (unpaired) electrons. The van der Waals surface area contributed by atoms with Crippen LogP contribution in [0.3, 0.4) is 0 Å². The van der Waals surface area contributed by atoms with Gasteiger partial charge in [0.05, 0.1) is 11.5 Å². The summed E-state index contributed by atoms with van der Waals surface area (Å²) in [6.07, 6.45) is -5.26. The number of amides is 2. The fraction of sp³-hybridized carbons (Fsp3) is 0.143. The molecule has 1 aromatic heterocycles. The Kier molecular flexibility index (Phi) is 6.16. The minimum Gasteiger partial charge on any atom is -0.406 e. The predicted octanol–water partition coefficient (Wildman–Crippen LogP) is 4.13. The van der Waals surface area contributed by atoms with E-state index in [9.17, 15) is 27.6 Å². The first kappa shape index (κ1) is 23.1. The van der Waals surface area contributed by atoms with Gasteiger partial charge in [0.2, 0.25) is 17.8 Å². The van der Waals surface area contributed by atoms with Gasteiger partial charge in [-0.1, -0.05) is 17.7 Å². The molecule has 34 heavy (non-hydrogen) atoms. The molecule has 0 saturated heterocycles. The quantitative estimate of drug-likeness (QED) is 0.423. The summed E-state index contributed by atoms with van der Waals surface area (Å²) in [4.78, 5) is 44.5. The van der Waals surface area contributed by atoms with Gasteiger partial charge in [0.1, 0.15) is 11.6 Å². The number of aromatic nitrogens is 2. The average molecular weight is 494 g/mol. The van der Waals surface area contributed by atoms with Crippen molar-refractivity contribution in [3.05, 3.63) is 69.5 Å². The third kappa shape index (κ3) is 5.46. The maximum absolute atomic E-state index is 12.9. The topological polar surface area (TPSA) is 125 Å². The van der Waals surface area contributed by atoms with E-state index >= 15 is 0 Å². The number of fused-ring (bicyclic) bond motifs is 1. The number of aromatic amines is 1. The number of hydrogen-bond donors (Lipinski definition) is 4. The maximum Gasteiger partial charge on any atom is 0.573 e. The molecule has 0 bridgehead atoms. The molecule has 0 spiro atoms. The van der Waals surface area contributed by atoms with E-state index in [0.717, 1.165) is 12.1 Å². The molecule has 1 atom stereocenters. The van der Waals surface area contributed by atoms with Gasteiger partial charge < -0.3 is 20.7 Å². The fourth-order valence-electron chi connectivity index (χ4n) is 3.32. The molecule has 4 rings (SSSR count). The number of benzene rings is 2. The van der Waals surface area contributed by atoms with Crippen LogP contribution in [0.4, 0.5) is 36.3 Å². The lowest BCUT2D eigenvalue weighted by Gasteiger charge is -2.23. The zero-order valence-corrected chi connectivity index (χ0v) is 17.8. The van der Waals surface area contributed by atoms with E-state index in [-0.39, 0.29) is 29.4 Å². The van der Waals surface area contributed by atoms with Crippen molar-refractivity contribution in [3.63, 3.8) is 0 Å². The highest BCUT2D eigenvalue weighted by molar-refractivity contribution is 6.30. The Labute approximate surface area is 194 Å². The van der Waals surface area contributed by atoms with Gasteiger partial charge in [-0.25, -0.2) is 0 Å². The molecule has 2 aromatic carbocycles.